The van der Waals surface area contributed by atoms with Crippen LogP contribution in [0.2, 0.25) is 5.02 Å². The predicted molar refractivity (Wildman–Crippen MR) is 90.5 cm³/mol. The van der Waals surface area contributed by atoms with Gasteiger partial charge >= 0.3 is 0 Å². The molecule has 0 aliphatic carbocycles. The molecule has 2 heteroatoms. The lowest BCUT2D eigenvalue weighted by molar-refractivity contribution is 0.205. The summed E-state index contributed by atoms with van der Waals surface area (Å²) in [6.45, 7) is 15.7. The minimum atomic E-state index is 0.230. The maximum atomic E-state index is 6.40. The molecule has 1 aromatic rings. The predicted octanol–water partition coefficient (Wildman–Crippen LogP) is 5.10. The lowest BCUT2D eigenvalue weighted by atomic mass is 9.74. The lowest BCUT2D eigenvalue weighted by Crippen LogP contribution is -2.39. The van der Waals surface area contributed by atoms with Crippen LogP contribution in [0.25, 0.3) is 0 Å². The maximum absolute atomic E-state index is 6.40. The van der Waals surface area contributed by atoms with E-state index in [9.17, 15) is 0 Å². The van der Waals surface area contributed by atoms with Crippen molar-refractivity contribution in [1.82, 2.24) is 5.32 Å². The van der Waals surface area contributed by atoms with Gasteiger partial charge in [0.2, 0.25) is 0 Å². The van der Waals surface area contributed by atoms with Crippen molar-refractivity contribution < 1.29 is 0 Å². The highest BCUT2D eigenvalue weighted by Crippen LogP contribution is 2.33. The van der Waals surface area contributed by atoms with Crippen molar-refractivity contribution in [2.45, 2.75) is 48.0 Å². The Morgan fingerprint density at radius 1 is 1.20 bits per heavy atom. The van der Waals surface area contributed by atoms with Gasteiger partial charge in [-0.25, -0.2) is 0 Å². The first kappa shape index (κ1) is 17.5. The Morgan fingerprint density at radius 3 is 2.35 bits per heavy atom. The Hall–Kier alpha value is -0.530. The third-order valence-corrected chi connectivity index (χ3v) is 4.63. The molecule has 0 saturated carbocycles. The highest BCUT2D eigenvalue weighted by molar-refractivity contribution is 6.31. The summed E-state index contributed by atoms with van der Waals surface area (Å²) in [6.07, 6.45) is 1.02. The maximum Gasteiger partial charge on any atom is 0.0440 e. The van der Waals surface area contributed by atoms with E-state index in [2.05, 4.69) is 65.1 Å². The first-order chi connectivity index (χ1) is 9.24. The Morgan fingerprint density at radius 2 is 1.85 bits per heavy atom. The van der Waals surface area contributed by atoms with Gasteiger partial charge in [0, 0.05) is 11.6 Å². The summed E-state index contributed by atoms with van der Waals surface area (Å²) in [6, 6.07) is 6.41. The number of aryl methyl sites for hydroxylation is 1. The van der Waals surface area contributed by atoms with Gasteiger partial charge in [-0.1, -0.05) is 58.4 Å². The number of halogens is 1. The molecule has 0 radical (unpaired) electrons. The first-order valence-electron chi connectivity index (χ1n) is 7.70. The van der Waals surface area contributed by atoms with Gasteiger partial charge in [-0.3, -0.25) is 0 Å². The Kier molecular flexibility index (Phi) is 6.54. The zero-order chi connectivity index (χ0) is 15.3. The van der Waals surface area contributed by atoms with Gasteiger partial charge in [0.05, 0.1) is 0 Å². The average Bonchev–Trinajstić information content (AvgIpc) is 2.32. The quantitative estimate of drug-likeness (QED) is 0.738. The van der Waals surface area contributed by atoms with E-state index in [0.29, 0.717) is 11.8 Å². The van der Waals surface area contributed by atoms with E-state index in [1.165, 1.54) is 11.1 Å². The fourth-order valence-electron chi connectivity index (χ4n) is 2.35. The standard InChI is InChI=1S/C18H30ClN/c1-13(2)11-20-12-18(6,14(3)4)10-16-8-7-15(5)9-17(16)19/h7-9,13-14,20H,10-12H2,1-6H3. The molecule has 0 amide bonds. The topological polar surface area (TPSA) is 12.0 Å². The fourth-order valence-corrected chi connectivity index (χ4v) is 2.65. The molecule has 0 saturated heterocycles. The molecule has 1 rings (SSSR count). The zero-order valence-electron chi connectivity index (χ0n) is 13.9. The van der Waals surface area contributed by atoms with Crippen molar-refractivity contribution >= 4 is 11.6 Å². The van der Waals surface area contributed by atoms with E-state index in [4.69, 9.17) is 11.6 Å². The molecule has 1 nitrogen and oxygen atoms in total. The van der Waals surface area contributed by atoms with Crippen molar-refractivity contribution in [2.24, 2.45) is 17.3 Å². The van der Waals surface area contributed by atoms with Crippen LogP contribution >= 0.6 is 11.6 Å². The minimum Gasteiger partial charge on any atom is -0.316 e. The van der Waals surface area contributed by atoms with Crippen molar-refractivity contribution in [3.63, 3.8) is 0 Å². The van der Waals surface area contributed by atoms with Gasteiger partial charge in [0.1, 0.15) is 0 Å². The van der Waals surface area contributed by atoms with Crippen LogP contribution in [0.4, 0.5) is 0 Å². The average molecular weight is 296 g/mol. The van der Waals surface area contributed by atoms with Crippen LogP contribution in [0.3, 0.4) is 0 Å². The second-order valence-corrected chi connectivity index (χ2v) is 7.51. The second-order valence-electron chi connectivity index (χ2n) is 7.11. The highest BCUT2D eigenvalue weighted by atomic mass is 35.5. The van der Waals surface area contributed by atoms with Crippen molar-refractivity contribution in [1.29, 1.82) is 0 Å². The van der Waals surface area contributed by atoms with Gasteiger partial charge in [0.15, 0.2) is 0 Å². The molecule has 0 aliphatic heterocycles. The highest BCUT2D eigenvalue weighted by Gasteiger charge is 2.29. The second kappa shape index (κ2) is 7.47. The third kappa shape index (κ3) is 5.10. The van der Waals surface area contributed by atoms with E-state index in [1.807, 2.05) is 0 Å². The van der Waals surface area contributed by atoms with Crippen molar-refractivity contribution in [3.05, 3.63) is 34.3 Å². The summed E-state index contributed by atoms with van der Waals surface area (Å²) in [5, 5.41) is 4.52. The van der Waals surface area contributed by atoms with Gasteiger partial charge in [-0.05, 0) is 54.3 Å². The number of hydrogen-bond acceptors (Lipinski definition) is 1. The Bertz CT molecular complexity index is 425. The van der Waals surface area contributed by atoms with E-state index < -0.39 is 0 Å². The Labute approximate surface area is 130 Å². The number of nitrogens with one attached hydrogen (secondary N) is 1. The van der Waals surface area contributed by atoms with E-state index >= 15 is 0 Å². The van der Waals surface area contributed by atoms with Crippen LogP contribution in [0.1, 0.15) is 45.7 Å². The molecule has 0 heterocycles. The summed E-state index contributed by atoms with van der Waals surface area (Å²) in [5.41, 5.74) is 2.72. The van der Waals surface area contributed by atoms with Crippen LogP contribution in [0.15, 0.2) is 18.2 Å². The van der Waals surface area contributed by atoms with Crippen LogP contribution in [0.5, 0.6) is 0 Å². The Balaban J connectivity index is 2.80. The van der Waals surface area contributed by atoms with Crippen LogP contribution in [0, 0.1) is 24.2 Å². The number of hydrogen-bond donors (Lipinski definition) is 1. The molecule has 1 N–H and O–H groups in total. The first-order valence-corrected chi connectivity index (χ1v) is 8.08. The number of rotatable bonds is 7. The van der Waals surface area contributed by atoms with Crippen LogP contribution < -0.4 is 5.32 Å². The van der Waals surface area contributed by atoms with Gasteiger partial charge < -0.3 is 5.32 Å². The van der Waals surface area contributed by atoms with E-state index in [0.717, 1.165) is 24.5 Å². The molecule has 1 unspecified atom stereocenters. The summed E-state index contributed by atoms with van der Waals surface area (Å²) in [7, 11) is 0. The lowest BCUT2D eigenvalue weighted by Gasteiger charge is -2.35. The summed E-state index contributed by atoms with van der Waals surface area (Å²) < 4.78 is 0. The van der Waals surface area contributed by atoms with Crippen molar-refractivity contribution in [2.75, 3.05) is 13.1 Å². The summed E-state index contributed by atoms with van der Waals surface area (Å²) in [4.78, 5) is 0. The molecule has 0 aromatic heterocycles. The van der Waals surface area contributed by atoms with Crippen molar-refractivity contribution in [3.8, 4) is 0 Å². The molecule has 0 aliphatic rings. The molecule has 20 heavy (non-hydrogen) atoms. The van der Waals surface area contributed by atoms with Gasteiger partial charge in [-0.15, -0.1) is 0 Å². The van der Waals surface area contributed by atoms with E-state index in [-0.39, 0.29) is 5.41 Å². The smallest absolute Gasteiger partial charge is 0.0440 e. The summed E-state index contributed by atoms with van der Waals surface area (Å²) >= 11 is 6.40. The molecule has 0 spiro atoms. The summed E-state index contributed by atoms with van der Waals surface area (Å²) in [5.74, 6) is 1.30. The molecule has 114 valence electrons. The third-order valence-electron chi connectivity index (χ3n) is 4.28. The largest absolute Gasteiger partial charge is 0.316 e. The van der Waals surface area contributed by atoms with Crippen LogP contribution in [-0.4, -0.2) is 13.1 Å². The number of benzene rings is 1. The minimum absolute atomic E-state index is 0.230. The van der Waals surface area contributed by atoms with E-state index in [1.54, 1.807) is 0 Å². The molecule has 1 atom stereocenters. The van der Waals surface area contributed by atoms with Gasteiger partial charge in [0.25, 0.3) is 0 Å². The fraction of sp³-hybridized carbons (Fsp3) is 0.667. The molecular weight excluding hydrogens is 266 g/mol. The molecule has 0 bridgehead atoms. The normalized spacial score (nSPS) is 14.8. The molecule has 1 aromatic carbocycles. The molecule has 0 fully saturated rings. The zero-order valence-corrected chi connectivity index (χ0v) is 14.6. The van der Waals surface area contributed by atoms with Crippen LogP contribution in [-0.2, 0) is 6.42 Å². The monoisotopic (exact) mass is 295 g/mol. The molecular formula is C18H30ClN. The van der Waals surface area contributed by atoms with Gasteiger partial charge in [-0.2, -0.15) is 0 Å². The SMILES string of the molecule is Cc1ccc(CC(C)(CNCC(C)C)C(C)C)c(Cl)c1.